The molecule has 0 aliphatic carbocycles. The van der Waals surface area contributed by atoms with Crippen molar-refractivity contribution < 1.29 is 17.7 Å². The van der Waals surface area contributed by atoms with Crippen molar-refractivity contribution in [3.8, 4) is 0 Å². The van der Waals surface area contributed by atoms with E-state index in [1.165, 1.54) is 18.2 Å². The molecule has 0 aliphatic heterocycles. The number of nitrogens with two attached hydrogens (primary N) is 1. The number of carbonyl (C=O) groups excluding carboxylic acids is 1. The number of aryl methyl sites for hydroxylation is 2. The lowest BCUT2D eigenvalue weighted by atomic mass is 10.2. The van der Waals surface area contributed by atoms with E-state index >= 15 is 0 Å². The van der Waals surface area contributed by atoms with Gasteiger partial charge in [-0.25, -0.2) is 13.6 Å². The molecule has 0 unspecified atom stereocenters. The third-order valence-electron chi connectivity index (χ3n) is 2.68. The Morgan fingerprint density at radius 3 is 2.60 bits per heavy atom. The molecular weight excluding hydrogens is 282 g/mol. The Hall–Kier alpha value is -2.19. The van der Waals surface area contributed by atoms with Crippen LogP contribution in [0.5, 0.6) is 0 Å². The second-order valence-corrected chi connectivity index (χ2v) is 5.79. The van der Waals surface area contributed by atoms with Gasteiger partial charge in [0.2, 0.25) is 10.0 Å². The Labute approximate surface area is 115 Å². The van der Waals surface area contributed by atoms with Crippen LogP contribution in [0.15, 0.2) is 33.7 Å². The van der Waals surface area contributed by atoms with Crippen molar-refractivity contribution in [2.75, 3.05) is 5.32 Å². The van der Waals surface area contributed by atoms with Crippen molar-refractivity contribution in [3.63, 3.8) is 0 Å². The molecule has 8 heteroatoms. The first-order valence-electron chi connectivity index (χ1n) is 5.66. The minimum atomic E-state index is -3.81. The molecule has 0 aliphatic rings. The molecule has 7 nitrogen and oxygen atoms in total. The van der Waals surface area contributed by atoms with Gasteiger partial charge in [-0.2, -0.15) is 0 Å². The Morgan fingerprint density at radius 2 is 2.05 bits per heavy atom. The molecular formula is C12H13N3O4S. The van der Waals surface area contributed by atoms with Crippen molar-refractivity contribution in [3.05, 3.63) is 41.3 Å². The maximum absolute atomic E-state index is 12.1. The molecule has 0 saturated heterocycles. The molecule has 1 aromatic carbocycles. The number of carbonyl (C=O) groups is 1. The minimum Gasteiger partial charge on any atom is -0.361 e. The molecule has 2 rings (SSSR count). The summed E-state index contributed by atoms with van der Waals surface area (Å²) in [5, 5.41) is 11.3. The maximum Gasteiger partial charge on any atom is 0.261 e. The molecule has 0 spiro atoms. The van der Waals surface area contributed by atoms with Crippen LogP contribution in [0.4, 0.5) is 5.69 Å². The van der Waals surface area contributed by atoms with Crippen LogP contribution in [-0.4, -0.2) is 19.5 Å². The number of nitrogens with zero attached hydrogens (tertiary/aromatic N) is 1. The Bertz CT molecular complexity index is 745. The summed E-state index contributed by atoms with van der Waals surface area (Å²) in [6.07, 6.45) is 0. The summed E-state index contributed by atoms with van der Waals surface area (Å²) < 4.78 is 27.4. The molecule has 0 atom stereocenters. The standard InChI is InChI=1S/C12H13N3O4S/c1-7-11(8(2)19-15-7)12(16)14-9-4-3-5-10(6-9)20(13,17)18/h3-6H,1-2H3,(H,14,16)(H2,13,17,18). The van der Waals surface area contributed by atoms with Gasteiger partial charge in [-0.15, -0.1) is 0 Å². The predicted molar refractivity (Wildman–Crippen MR) is 71.7 cm³/mol. The number of hydrogen-bond donors (Lipinski definition) is 2. The first-order chi connectivity index (χ1) is 9.29. The highest BCUT2D eigenvalue weighted by molar-refractivity contribution is 7.89. The number of rotatable bonds is 3. The van der Waals surface area contributed by atoms with Crippen LogP contribution in [0.3, 0.4) is 0 Å². The number of sulfonamides is 1. The van der Waals surface area contributed by atoms with E-state index in [9.17, 15) is 13.2 Å². The number of aromatic nitrogens is 1. The molecule has 106 valence electrons. The van der Waals surface area contributed by atoms with Crippen LogP contribution in [0.25, 0.3) is 0 Å². The summed E-state index contributed by atoms with van der Waals surface area (Å²) in [6, 6.07) is 5.68. The number of primary sulfonamides is 1. The number of amides is 1. The summed E-state index contributed by atoms with van der Waals surface area (Å²) in [4.78, 5) is 12.0. The fourth-order valence-electron chi connectivity index (χ4n) is 1.75. The predicted octanol–water partition coefficient (Wildman–Crippen LogP) is 1.19. The molecule has 1 heterocycles. The number of benzene rings is 1. The minimum absolute atomic E-state index is 0.0749. The van der Waals surface area contributed by atoms with Crippen LogP contribution in [-0.2, 0) is 10.0 Å². The monoisotopic (exact) mass is 295 g/mol. The van der Waals surface area contributed by atoms with E-state index in [1.807, 2.05) is 0 Å². The fraction of sp³-hybridized carbons (Fsp3) is 0.167. The zero-order valence-corrected chi connectivity index (χ0v) is 11.7. The van der Waals surface area contributed by atoms with Crippen molar-refractivity contribution >= 4 is 21.6 Å². The number of nitrogens with one attached hydrogen (secondary N) is 1. The van der Waals surface area contributed by atoms with Crippen molar-refractivity contribution in [2.24, 2.45) is 5.14 Å². The van der Waals surface area contributed by atoms with E-state index in [0.29, 0.717) is 22.7 Å². The molecule has 20 heavy (non-hydrogen) atoms. The van der Waals surface area contributed by atoms with Crippen LogP contribution >= 0.6 is 0 Å². The van der Waals surface area contributed by atoms with Crippen LogP contribution < -0.4 is 10.5 Å². The largest absolute Gasteiger partial charge is 0.361 e. The Kier molecular flexibility index (Phi) is 3.60. The Balaban J connectivity index is 2.29. The van der Waals surface area contributed by atoms with Gasteiger partial charge in [0, 0.05) is 5.69 Å². The summed E-state index contributed by atoms with van der Waals surface area (Å²) >= 11 is 0. The lowest BCUT2D eigenvalue weighted by Gasteiger charge is -2.06. The van der Waals surface area contributed by atoms with Crippen molar-refractivity contribution in [2.45, 2.75) is 18.7 Å². The molecule has 1 aromatic heterocycles. The van der Waals surface area contributed by atoms with E-state index in [-0.39, 0.29) is 4.90 Å². The molecule has 1 amide bonds. The van der Waals surface area contributed by atoms with Crippen molar-refractivity contribution in [1.29, 1.82) is 0 Å². The van der Waals surface area contributed by atoms with Gasteiger partial charge in [0.25, 0.3) is 5.91 Å². The van der Waals surface area contributed by atoms with Crippen LogP contribution in [0, 0.1) is 13.8 Å². The average molecular weight is 295 g/mol. The van der Waals surface area contributed by atoms with Crippen LogP contribution in [0.2, 0.25) is 0 Å². The first-order valence-corrected chi connectivity index (χ1v) is 7.21. The second kappa shape index (κ2) is 5.06. The van der Waals surface area contributed by atoms with Gasteiger partial charge in [-0.05, 0) is 32.0 Å². The highest BCUT2D eigenvalue weighted by Gasteiger charge is 2.18. The van der Waals surface area contributed by atoms with Crippen LogP contribution in [0.1, 0.15) is 21.8 Å². The third-order valence-corrected chi connectivity index (χ3v) is 3.59. The fourth-order valence-corrected chi connectivity index (χ4v) is 2.31. The smallest absolute Gasteiger partial charge is 0.261 e. The number of anilines is 1. The molecule has 3 N–H and O–H groups in total. The highest BCUT2D eigenvalue weighted by atomic mass is 32.2. The quantitative estimate of drug-likeness (QED) is 0.882. The van der Waals surface area contributed by atoms with Gasteiger partial charge >= 0.3 is 0 Å². The maximum atomic E-state index is 12.1. The number of hydrogen-bond acceptors (Lipinski definition) is 5. The van der Waals surface area contributed by atoms with E-state index in [4.69, 9.17) is 9.66 Å². The second-order valence-electron chi connectivity index (χ2n) is 4.23. The average Bonchev–Trinajstić information content (AvgIpc) is 2.68. The molecule has 0 fully saturated rings. The lowest BCUT2D eigenvalue weighted by molar-refractivity contribution is 0.102. The lowest BCUT2D eigenvalue weighted by Crippen LogP contribution is -2.15. The van der Waals surface area contributed by atoms with E-state index in [0.717, 1.165) is 0 Å². The van der Waals surface area contributed by atoms with Gasteiger partial charge in [0.15, 0.2) is 0 Å². The summed E-state index contributed by atoms with van der Waals surface area (Å²) in [6.45, 7) is 3.27. The van der Waals surface area contributed by atoms with Gasteiger partial charge < -0.3 is 9.84 Å². The topological polar surface area (TPSA) is 115 Å². The SMILES string of the molecule is Cc1noc(C)c1C(=O)Nc1cccc(S(N)(=O)=O)c1. The van der Waals surface area contributed by atoms with Gasteiger partial charge in [-0.1, -0.05) is 11.2 Å². The van der Waals surface area contributed by atoms with E-state index < -0.39 is 15.9 Å². The third kappa shape index (κ3) is 2.86. The molecule has 0 bridgehead atoms. The van der Waals surface area contributed by atoms with Crippen molar-refractivity contribution in [1.82, 2.24) is 5.16 Å². The van der Waals surface area contributed by atoms with Gasteiger partial charge in [0.1, 0.15) is 11.3 Å². The van der Waals surface area contributed by atoms with E-state index in [1.54, 1.807) is 19.9 Å². The highest BCUT2D eigenvalue weighted by Crippen LogP contribution is 2.18. The normalized spacial score (nSPS) is 11.3. The summed E-state index contributed by atoms with van der Waals surface area (Å²) in [5.74, 6) is -0.0320. The van der Waals surface area contributed by atoms with Gasteiger partial charge in [0.05, 0.1) is 10.6 Å². The summed E-state index contributed by atoms with van der Waals surface area (Å²) in [5.41, 5.74) is 1.11. The Morgan fingerprint density at radius 1 is 1.35 bits per heavy atom. The zero-order valence-electron chi connectivity index (χ0n) is 10.9. The molecule has 0 radical (unpaired) electrons. The molecule has 0 saturated carbocycles. The van der Waals surface area contributed by atoms with E-state index in [2.05, 4.69) is 10.5 Å². The first kappa shape index (κ1) is 14.2. The molecule has 2 aromatic rings. The van der Waals surface area contributed by atoms with Gasteiger partial charge in [-0.3, -0.25) is 4.79 Å². The summed E-state index contributed by atoms with van der Waals surface area (Å²) in [7, 11) is -3.81. The zero-order chi connectivity index (χ0) is 14.9.